The van der Waals surface area contributed by atoms with Crippen LogP contribution in [0.5, 0.6) is 0 Å². The van der Waals surface area contributed by atoms with E-state index in [4.69, 9.17) is 23.2 Å². The minimum absolute atomic E-state index is 0.177. The fraction of sp³-hybridized carbons (Fsp3) is 0.533. The minimum atomic E-state index is 0.177. The zero-order valence-corrected chi connectivity index (χ0v) is 12.8. The molecule has 108 valence electrons. The Morgan fingerprint density at radius 2 is 2.05 bits per heavy atom. The third-order valence-corrected chi connectivity index (χ3v) is 5.08. The summed E-state index contributed by atoms with van der Waals surface area (Å²) >= 11 is 12.5. The van der Waals surface area contributed by atoms with Gasteiger partial charge in [0, 0.05) is 25.0 Å². The molecule has 0 aliphatic carbocycles. The van der Waals surface area contributed by atoms with Gasteiger partial charge in [0.15, 0.2) is 0 Å². The number of nitrogens with one attached hydrogen (secondary N) is 1. The second-order valence-electron chi connectivity index (χ2n) is 5.54. The van der Waals surface area contributed by atoms with Gasteiger partial charge in [0.05, 0.1) is 15.7 Å². The minimum Gasteiger partial charge on any atom is -0.365 e. The maximum atomic E-state index is 11.7. The maximum Gasteiger partial charge on any atom is 0.220 e. The van der Waals surface area contributed by atoms with Crippen molar-refractivity contribution in [2.45, 2.75) is 44.2 Å². The fourth-order valence-corrected chi connectivity index (χ4v) is 3.75. The predicted octanol–water partition coefficient (Wildman–Crippen LogP) is 3.63. The molecule has 0 radical (unpaired) electrons. The second kappa shape index (κ2) is 5.82. The number of fused-ring (bicyclic) bond motifs is 1. The summed E-state index contributed by atoms with van der Waals surface area (Å²) in [6, 6.07) is 6.31. The van der Waals surface area contributed by atoms with Crippen LogP contribution in [0.25, 0.3) is 0 Å². The molecule has 1 aromatic rings. The Labute approximate surface area is 129 Å². The average Bonchev–Trinajstić information content (AvgIpc) is 2.62. The van der Waals surface area contributed by atoms with E-state index in [9.17, 15) is 4.79 Å². The molecule has 0 spiro atoms. The first-order chi connectivity index (χ1) is 9.66. The number of benzene rings is 1. The normalized spacial score (nSPS) is 26.7. The molecule has 0 aromatic heterocycles. The molecule has 3 nitrogen and oxygen atoms in total. The summed E-state index contributed by atoms with van der Waals surface area (Å²) in [6.07, 6.45) is 4.69. The Morgan fingerprint density at radius 1 is 1.20 bits per heavy atom. The molecule has 0 bridgehead atoms. The van der Waals surface area contributed by atoms with Gasteiger partial charge >= 0.3 is 0 Å². The van der Waals surface area contributed by atoms with E-state index < -0.39 is 0 Å². The Kier molecular flexibility index (Phi) is 4.08. The summed E-state index contributed by atoms with van der Waals surface area (Å²) in [7, 11) is 0. The molecule has 2 fully saturated rings. The number of rotatable bonds is 1. The van der Waals surface area contributed by atoms with Crippen molar-refractivity contribution in [2.24, 2.45) is 0 Å². The zero-order valence-electron chi connectivity index (χ0n) is 11.2. The van der Waals surface area contributed by atoms with Gasteiger partial charge in [-0.3, -0.25) is 4.79 Å². The Bertz CT molecular complexity index is 521. The van der Waals surface area contributed by atoms with Crippen LogP contribution >= 0.6 is 23.2 Å². The number of carbonyl (C=O) groups is 1. The van der Waals surface area contributed by atoms with Gasteiger partial charge in [-0.15, -0.1) is 0 Å². The van der Waals surface area contributed by atoms with Gasteiger partial charge in [-0.25, -0.2) is 0 Å². The van der Waals surface area contributed by atoms with Gasteiger partial charge in [0.25, 0.3) is 0 Å². The van der Waals surface area contributed by atoms with Crippen LogP contribution < -0.4 is 10.2 Å². The summed E-state index contributed by atoms with van der Waals surface area (Å²) in [5, 5.41) is 4.36. The second-order valence-corrected chi connectivity index (χ2v) is 6.33. The Hall–Kier alpha value is -0.930. The molecule has 2 aliphatic heterocycles. The average molecular weight is 313 g/mol. The van der Waals surface area contributed by atoms with Gasteiger partial charge in [-0.05, 0) is 37.8 Å². The van der Waals surface area contributed by atoms with Gasteiger partial charge in [0.2, 0.25) is 5.91 Å². The number of amides is 1. The summed E-state index contributed by atoms with van der Waals surface area (Å²) in [4.78, 5) is 14.1. The van der Waals surface area contributed by atoms with Gasteiger partial charge in [0.1, 0.15) is 0 Å². The summed E-state index contributed by atoms with van der Waals surface area (Å²) in [5.41, 5.74) is 0.991. The molecule has 1 N–H and O–H groups in total. The van der Waals surface area contributed by atoms with Crippen LogP contribution in [0.15, 0.2) is 18.2 Å². The number of hydrogen-bond acceptors (Lipinski definition) is 2. The van der Waals surface area contributed by atoms with E-state index in [1.54, 1.807) is 0 Å². The maximum absolute atomic E-state index is 11.7. The molecule has 2 saturated heterocycles. The highest BCUT2D eigenvalue weighted by Gasteiger charge is 2.35. The first-order valence-corrected chi connectivity index (χ1v) is 7.92. The van der Waals surface area contributed by atoms with Crippen molar-refractivity contribution in [3.63, 3.8) is 0 Å². The first-order valence-electron chi connectivity index (χ1n) is 7.17. The highest BCUT2D eigenvalue weighted by atomic mass is 35.5. The number of nitrogens with zero attached hydrogens (tertiary/aromatic N) is 1. The summed E-state index contributed by atoms with van der Waals surface area (Å²) in [5.74, 6) is 0.177. The van der Waals surface area contributed by atoms with Crippen LogP contribution in [-0.4, -0.2) is 24.5 Å². The molecule has 1 amide bonds. The molecule has 2 atom stereocenters. The van der Waals surface area contributed by atoms with Crippen molar-refractivity contribution in [2.75, 3.05) is 11.4 Å². The van der Waals surface area contributed by atoms with Crippen molar-refractivity contribution in [3.8, 4) is 0 Å². The molecular weight excluding hydrogens is 295 g/mol. The first kappa shape index (κ1) is 14.0. The SMILES string of the molecule is O=C1CCC[C@H]2[C@@H](CCCN2c2cccc(Cl)c2Cl)N1. The van der Waals surface area contributed by atoms with E-state index >= 15 is 0 Å². The molecule has 0 unspecified atom stereocenters. The quantitative estimate of drug-likeness (QED) is 0.858. The topological polar surface area (TPSA) is 32.3 Å². The van der Waals surface area contributed by atoms with Crippen LogP contribution in [0.3, 0.4) is 0 Å². The summed E-state index contributed by atoms with van der Waals surface area (Å²) in [6.45, 7) is 0.969. The lowest BCUT2D eigenvalue weighted by atomic mass is 9.93. The highest BCUT2D eigenvalue weighted by Crippen LogP contribution is 2.37. The van der Waals surface area contributed by atoms with E-state index in [1.165, 1.54) is 0 Å². The molecule has 3 rings (SSSR count). The van der Waals surface area contributed by atoms with Crippen molar-refractivity contribution >= 4 is 34.8 Å². The van der Waals surface area contributed by atoms with Gasteiger partial charge in [-0.2, -0.15) is 0 Å². The molecule has 20 heavy (non-hydrogen) atoms. The van der Waals surface area contributed by atoms with E-state index in [0.29, 0.717) is 22.5 Å². The molecule has 2 heterocycles. The monoisotopic (exact) mass is 312 g/mol. The number of halogens is 2. The fourth-order valence-electron chi connectivity index (χ4n) is 3.35. The van der Waals surface area contributed by atoms with Crippen molar-refractivity contribution in [1.29, 1.82) is 0 Å². The molecule has 2 aliphatic rings. The third kappa shape index (κ3) is 2.61. The van der Waals surface area contributed by atoms with E-state index in [2.05, 4.69) is 10.2 Å². The Morgan fingerprint density at radius 3 is 2.90 bits per heavy atom. The molecule has 5 heteroatoms. The number of anilines is 1. The Balaban J connectivity index is 1.92. The molecule has 0 saturated carbocycles. The summed E-state index contributed by atoms with van der Waals surface area (Å²) < 4.78 is 0. The van der Waals surface area contributed by atoms with E-state index in [-0.39, 0.29) is 11.9 Å². The van der Waals surface area contributed by atoms with Crippen LogP contribution in [-0.2, 0) is 4.79 Å². The van der Waals surface area contributed by atoms with Crippen LogP contribution in [0.2, 0.25) is 10.0 Å². The largest absolute Gasteiger partial charge is 0.365 e. The van der Waals surface area contributed by atoms with Crippen LogP contribution in [0.4, 0.5) is 5.69 Å². The number of hydrogen-bond donors (Lipinski definition) is 1. The van der Waals surface area contributed by atoms with Crippen LogP contribution in [0, 0.1) is 0 Å². The lowest BCUT2D eigenvalue weighted by Crippen LogP contribution is -2.54. The molecular formula is C15H18Cl2N2O. The van der Waals surface area contributed by atoms with Gasteiger partial charge < -0.3 is 10.2 Å². The van der Waals surface area contributed by atoms with Crippen molar-refractivity contribution in [3.05, 3.63) is 28.2 Å². The number of piperidine rings is 1. The standard InChI is InChI=1S/C15H18Cl2N2O/c16-10-4-1-7-13(15(10)17)19-9-3-5-11-12(19)6-2-8-14(20)18-11/h1,4,7,11-12H,2-3,5-6,8-9H2,(H,18,20)/t11-,12+/m1/s1. The van der Waals surface area contributed by atoms with Crippen molar-refractivity contribution in [1.82, 2.24) is 5.32 Å². The van der Waals surface area contributed by atoms with Crippen LogP contribution in [0.1, 0.15) is 32.1 Å². The van der Waals surface area contributed by atoms with E-state index in [0.717, 1.165) is 37.9 Å². The predicted molar refractivity (Wildman–Crippen MR) is 82.6 cm³/mol. The smallest absolute Gasteiger partial charge is 0.220 e. The molecule has 1 aromatic carbocycles. The number of carbonyl (C=O) groups excluding carboxylic acids is 1. The zero-order chi connectivity index (χ0) is 14.1. The third-order valence-electron chi connectivity index (χ3n) is 4.27. The van der Waals surface area contributed by atoms with E-state index in [1.807, 2.05) is 18.2 Å². The van der Waals surface area contributed by atoms with Crippen molar-refractivity contribution < 1.29 is 4.79 Å². The lowest BCUT2D eigenvalue weighted by Gasteiger charge is -2.42. The highest BCUT2D eigenvalue weighted by molar-refractivity contribution is 6.43. The lowest BCUT2D eigenvalue weighted by molar-refractivity contribution is -0.121. The van der Waals surface area contributed by atoms with Gasteiger partial charge in [-0.1, -0.05) is 29.3 Å².